The summed E-state index contributed by atoms with van der Waals surface area (Å²) < 4.78 is 5.41. The molecular weight excluding hydrogens is 240 g/mol. The number of rotatable bonds is 6. The number of nitrogens with one attached hydrogen (secondary N) is 1. The first-order chi connectivity index (χ1) is 8.78. The molecule has 3 N–H and O–H groups in total. The molecule has 0 aliphatic rings. The predicted molar refractivity (Wildman–Crippen MR) is 77.3 cm³/mol. The Morgan fingerprint density at radius 3 is 2.37 bits per heavy atom. The van der Waals surface area contributed by atoms with Crippen molar-refractivity contribution >= 4 is 5.91 Å². The summed E-state index contributed by atoms with van der Waals surface area (Å²) in [4.78, 5) is 11.5. The van der Waals surface area contributed by atoms with Gasteiger partial charge in [-0.2, -0.15) is 0 Å². The fourth-order valence-corrected chi connectivity index (χ4v) is 1.48. The molecule has 1 aromatic rings. The van der Waals surface area contributed by atoms with Gasteiger partial charge in [0.1, 0.15) is 5.75 Å². The van der Waals surface area contributed by atoms with E-state index >= 15 is 0 Å². The Morgan fingerprint density at radius 1 is 1.32 bits per heavy atom. The minimum absolute atomic E-state index is 0.0110. The van der Waals surface area contributed by atoms with Gasteiger partial charge in [0.2, 0.25) is 0 Å². The molecule has 0 saturated carbocycles. The number of amides is 1. The van der Waals surface area contributed by atoms with Crippen molar-refractivity contribution < 1.29 is 9.53 Å². The molecule has 0 saturated heterocycles. The second kappa shape index (κ2) is 6.57. The molecule has 0 spiro atoms. The molecule has 0 aromatic heterocycles. The SMILES string of the molecule is CC(C)c1ccc(OCC(=O)NCC(C)(C)N)cc1. The lowest BCUT2D eigenvalue weighted by Gasteiger charge is -2.18. The van der Waals surface area contributed by atoms with Crippen LogP contribution in [-0.4, -0.2) is 24.6 Å². The maximum absolute atomic E-state index is 11.5. The number of ether oxygens (including phenoxy) is 1. The molecule has 0 heterocycles. The third kappa shape index (κ3) is 6.25. The van der Waals surface area contributed by atoms with Crippen molar-refractivity contribution in [1.82, 2.24) is 5.32 Å². The number of nitrogens with two attached hydrogens (primary N) is 1. The van der Waals surface area contributed by atoms with E-state index in [4.69, 9.17) is 10.5 Å². The first-order valence-corrected chi connectivity index (χ1v) is 6.56. The largest absolute Gasteiger partial charge is 0.484 e. The molecule has 4 nitrogen and oxygen atoms in total. The zero-order valence-corrected chi connectivity index (χ0v) is 12.2. The Hall–Kier alpha value is -1.55. The summed E-state index contributed by atoms with van der Waals surface area (Å²) in [7, 11) is 0. The van der Waals surface area contributed by atoms with Crippen molar-refractivity contribution in [2.24, 2.45) is 5.73 Å². The Bertz CT molecular complexity index is 405. The van der Waals surface area contributed by atoms with Crippen molar-refractivity contribution in [3.63, 3.8) is 0 Å². The van der Waals surface area contributed by atoms with E-state index in [1.54, 1.807) is 0 Å². The molecule has 0 unspecified atom stereocenters. The van der Waals surface area contributed by atoms with Crippen LogP contribution in [0.25, 0.3) is 0 Å². The number of benzene rings is 1. The Kier molecular flexibility index (Phi) is 5.36. The van der Waals surface area contributed by atoms with Crippen molar-refractivity contribution in [3.05, 3.63) is 29.8 Å². The molecule has 0 radical (unpaired) electrons. The summed E-state index contributed by atoms with van der Waals surface area (Å²) in [5, 5.41) is 2.73. The highest BCUT2D eigenvalue weighted by molar-refractivity contribution is 5.77. The van der Waals surface area contributed by atoms with Gasteiger partial charge < -0.3 is 15.8 Å². The molecule has 106 valence electrons. The minimum atomic E-state index is -0.408. The van der Waals surface area contributed by atoms with Gasteiger partial charge in [-0.05, 0) is 37.5 Å². The van der Waals surface area contributed by atoms with Gasteiger partial charge in [0.15, 0.2) is 6.61 Å². The monoisotopic (exact) mass is 264 g/mol. The zero-order valence-electron chi connectivity index (χ0n) is 12.2. The first kappa shape index (κ1) is 15.5. The van der Waals surface area contributed by atoms with Gasteiger partial charge in [-0.1, -0.05) is 26.0 Å². The highest BCUT2D eigenvalue weighted by Gasteiger charge is 2.12. The van der Waals surface area contributed by atoms with Gasteiger partial charge in [0, 0.05) is 12.1 Å². The van der Waals surface area contributed by atoms with Crippen LogP contribution in [0.5, 0.6) is 5.75 Å². The number of hydrogen-bond acceptors (Lipinski definition) is 3. The summed E-state index contributed by atoms with van der Waals surface area (Å²) in [6.45, 7) is 8.44. The Labute approximate surface area is 115 Å². The normalized spacial score (nSPS) is 11.5. The van der Waals surface area contributed by atoms with Crippen LogP contribution < -0.4 is 15.8 Å². The summed E-state index contributed by atoms with van der Waals surface area (Å²) in [5.74, 6) is 1.03. The van der Waals surface area contributed by atoms with E-state index in [-0.39, 0.29) is 12.5 Å². The minimum Gasteiger partial charge on any atom is -0.484 e. The summed E-state index contributed by atoms with van der Waals surface area (Å²) in [5.41, 5.74) is 6.62. The van der Waals surface area contributed by atoms with Crippen LogP contribution in [0.1, 0.15) is 39.2 Å². The highest BCUT2D eigenvalue weighted by Crippen LogP contribution is 2.18. The van der Waals surface area contributed by atoms with Gasteiger partial charge in [0.05, 0.1) is 0 Å². The van der Waals surface area contributed by atoms with E-state index in [1.165, 1.54) is 5.56 Å². The third-order valence-corrected chi connectivity index (χ3v) is 2.66. The van der Waals surface area contributed by atoms with Crippen molar-refractivity contribution in [2.75, 3.05) is 13.2 Å². The van der Waals surface area contributed by atoms with E-state index in [9.17, 15) is 4.79 Å². The topological polar surface area (TPSA) is 64.3 Å². The van der Waals surface area contributed by atoms with E-state index in [0.717, 1.165) is 0 Å². The lowest BCUT2D eigenvalue weighted by molar-refractivity contribution is -0.123. The van der Waals surface area contributed by atoms with E-state index in [0.29, 0.717) is 18.2 Å². The maximum atomic E-state index is 11.5. The quantitative estimate of drug-likeness (QED) is 0.826. The van der Waals surface area contributed by atoms with E-state index < -0.39 is 5.54 Å². The van der Waals surface area contributed by atoms with E-state index in [2.05, 4.69) is 19.2 Å². The predicted octanol–water partition coefficient (Wildman–Crippen LogP) is 2.04. The molecule has 0 bridgehead atoms. The molecular formula is C15H24N2O2. The number of hydrogen-bond donors (Lipinski definition) is 2. The number of carbonyl (C=O) groups is 1. The van der Waals surface area contributed by atoms with Crippen molar-refractivity contribution in [2.45, 2.75) is 39.2 Å². The molecule has 4 heteroatoms. The van der Waals surface area contributed by atoms with Crippen LogP contribution in [0.3, 0.4) is 0 Å². The molecule has 0 fully saturated rings. The van der Waals surface area contributed by atoms with Gasteiger partial charge in [-0.3, -0.25) is 4.79 Å². The molecule has 1 rings (SSSR count). The smallest absolute Gasteiger partial charge is 0.258 e. The molecule has 1 aromatic carbocycles. The highest BCUT2D eigenvalue weighted by atomic mass is 16.5. The maximum Gasteiger partial charge on any atom is 0.258 e. The van der Waals surface area contributed by atoms with Gasteiger partial charge >= 0.3 is 0 Å². The zero-order chi connectivity index (χ0) is 14.5. The first-order valence-electron chi connectivity index (χ1n) is 6.56. The van der Waals surface area contributed by atoms with Crippen LogP contribution in [0.4, 0.5) is 0 Å². The second-order valence-electron chi connectivity index (χ2n) is 5.78. The summed E-state index contributed by atoms with van der Waals surface area (Å²) in [6, 6.07) is 7.80. The lowest BCUT2D eigenvalue weighted by atomic mass is 10.0. The lowest BCUT2D eigenvalue weighted by Crippen LogP contribution is -2.46. The molecule has 1 amide bonds. The van der Waals surface area contributed by atoms with Crippen molar-refractivity contribution in [3.8, 4) is 5.75 Å². The van der Waals surface area contributed by atoms with E-state index in [1.807, 2.05) is 38.1 Å². The van der Waals surface area contributed by atoms with Crippen LogP contribution in [0.15, 0.2) is 24.3 Å². The Morgan fingerprint density at radius 2 is 1.89 bits per heavy atom. The fraction of sp³-hybridized carbons (Fsp3) is 0.533. The van der Waals surface area contributed by atoms with Crippen LogP contribution in [0.2, 0.25) is 0 Å². The fourth-order valence-electron chi connectivity index (χ4n) is 1.48. The van der Waals surface area contributed by atoms with Gasteiger partial charge in [-0.25, -0.2) is 0 Å². The molecule has 0 aliphatic heterocycles. The average Bonchev–Trinajstić information content (AvgIpc) is 2.33. The van der Waals surface area contributed by atoms with Gasteiger partial charge in [0.25, 0.3) is 5.91 Å². The van der Waals surface area contributed by atoms with Crippen LogP contribution in [0, 0.1) is 0 Å². The Balaban J connectivity index is 2.38. The standard InChI is InChI=1S/C15H24N2O2/c1-11(2)12-5-7-13(8-6-12)19-9-14(18)17-10-15(3,4)16/h5-8,11H,9-10,16H2,1-4H3,(H,17,18). The summed E-state index contributed by atoms with van der Waals surface area (Å²) in [6.07, 6.45) is 0. The third-order valence-electron chi connectivity index (χ3n) is 2.66. The molecule has 0 aliphatic carbocycles. The average molecular weight is 264 g/mol. The van der Waals surface area contributed by atoms with Crippen LogP contribution >= 0.6 is 0 Å². The van der Waals surface area contributed by atoms with Crippen molar-refractivity contribution in [1.29, 1.82) is 0 Å². The molecule has 19 heavy (non-hydrogen) atoms. The van der Waals surface area contributed by atoms with Gasteiger partial charge in [-0.15, -0.1) is 0 Å². The van der Waals surface area contributed by atoms with Crippen LogP contribution in [-0.2, 0) is 4.79 Å². The second-order valence-corrected chi connectivity index (χ2v) is 5.78. The summed E-state index contributed by atoms with van der Waals surface area (Å²) >= 11 is 0. The molecule has 0 atom stereocenters. The number of carbonyl (C=O) groups excluding carboxylic acids is 1.